The van der Waals surface area contributed by atoms with E-state index in [1.165, 1.54) is 55.1 Å². The van der Waals surface area contributed by atoms with Crippen LogP contribution in [0, 0.1) is 23.7 Å². The number of rotatable bonds is 10. The van der Waals surface area contributed by atoms with E-state index in [0.29, 0.717) is 33.2 Å². The average molecular weight is 1510 g/mol. The largest absolute Gasteiger partial charge is 0.480 e. The summed E-state index contributed by atoms with van der Waals surface area (Å²) in [5, 5.41) is 9.91. The first kappa shape index (κ1) is 74.8. The van der Waals surface area contributed by atoms with E-state index in [2.05, 4.69) is 316 Å². The molecule has 0 aliphatic carbocycles. The second kappa shape index (κ2) is 29.6. The second-order valence-electron chi connectivity index (χ2n) is 32.8. The average Bonchev–Trinajstić information content (AvgIpc) is 1.70. The molecule has 1 saturated heterocycles. The van der Waals surface area contributed by atoms with Gasteiger partial charge in [0, 0.05) is 57.8 Å². The summed E-state index contributed by atoms with van der Waals surface area (Å²) in [5.41, 5.74) is 25.5. The summed E-state index contributed by atoms with van der Waals surface area (Å²) in [6.45, 7) is 29.6. The van der Waals surface area contributed by atoms with Crippen LogP contribution in [0.3, 0.4) is 0 Å². The number of aromatic nitrogens is 5. The molecule has 1 amide bonds. The number of H-pyrrole nitrogens is 2. The van der Waals surface area contributed by atoms with Gasteiger partial charge in [-0.2, -0.15) is 0 Å². The lowest BCUT2D eigenvalue weighted by Crippen LogP contribution is -2.35. The van der Waals surface area contributed by atoms with Crippen molar-refractivity contribution in [1.29, 1.82) is 0 Å². The van der Waals surface area contributed by atoms with Gasteiger partial charge < -0.3 is 20.0 Å². The lowest BCUT2D eigenvalue weighted by molar-refractivity contribution is -0.137. The highest BCUT2D eigenvalue weighted by Gasteiger charge is 2.34. The highest BCUT2D eigenvalue weighted by Crippen LogP contribution is 2.43. The van der Waals surface area contributed by atoms with E-state index < -0.39 is 18.1 Å². The zero-order chi connectivity index (χ0) is 78.0. The quantitative estimate of drug-likeness (QED) is 0.0693. The van der Waals surface area contributed by atoms with E-state index in [9.17, 15) is 19.5 Å². The van der Waals surface area contributed by atoms with Crippen LogP contribution in [0.1, 0.15) is 185 Å². The number of hydrogen-bond acceptors (Lipinski definition) is 9. The summed E-state index contributed by atoms with van der Waals surface area (Å²) >= 11 is 7.65. The standard InChI is InChI=1S/C97H87N7O4S3/c1-14-102-91(108)89(111-93(102)109)92-104(58-86(105)106)90(107)85(110-92)51-62-27-25-59(26-28-62)31-36-73-76-38-42-80(98-76)87(66-52-68(94(2,3)4)56-69(53-66)95(5,6)7)82-44-40-78(100-82)74(79-41-45-83(101-79)88(81-43-39-77(73)99-81)67-54-70(96(8,9)10)57-71(55-67)97(11,12)13)37-32-60-33-46-84-65(49-60)47-48-103(84)72-34-29-61(30-35-72)50-75(63-21-17-15-18-22-63)64-23-19-16-20-24-64/h15-30,33-35,38-46,49-57,98,101H,14,47-48,58H2,1-13H3,(H,105,106)/b76-73?,77-73?,78-74?,79-74?,85-51?,87-80?,87-82?,88-81?,88-83?,92-89+. The Morgan fingerprint density at radius 2 is 1.02 bits per heavy atom. The molecule has 0 unspecified atom stereocenters. The predicted molar refractivity (Wildman–Crippen MR) is 466 cm³/mol. The molecule has 14 heteroatoms. The molecule has 4 aliphatic rings. The van der Waals surface area contributed by atoms with Gasteiger partial charge in [0.2, 0.25) is 0 Å². The zero-order valence-corrected chi connectivity index (χ0v) is 67.3. The maximum absolute atomic E-state index is 14.0. The first-order valence-electron chi connectivity index (χ1n) is 37.7. The van der Waals surface area contributed by atoms with Gasteiger partial charge in [0.15, 0.2) is 0 Å². The number of carbonyl (C=O) groups excluding carboxylic acids is 1. The molecule has 15 rings (SSSR count). The van der Waals surface area contributed by atoms with Crippen molar-refractivity contribution in [2.75, 3.05) is 18.0 Å². The minimum Gasteiger partial charge on any atom is -0.480 e. The Balaban J connectivity index is 0.900. The minimum atomic E-state index is -1.20. The number of carbonyl (C=O) groups is 2. The van der Waals surface area contributed by atoms with E-state index in [-0.39, 0.29) is 41.7 Å². The number of hydrogen-bond donors (Lipinski definition) is 3. The summed E-state index contributed by atoms with van der Waals surface area (Å²) in [4.78, 5) is 63.0. The SMILES string of the molecule is CCN1C(=O)/C(=c2\sc(=Cc3ccc(C#Cc4c5nc(c(-c6cc(C(C)(C)C)cc(C(C)(C)C)c6)c6ccc([nH]6)c(C#Cc6ccc7c(c6)CCN7c6ccc(C=C(c7ccccc7)c7ccccc7)cc6)c6nc(c(-c7cc(C(C)(C)C)cc(C(C)(C)C)c7)c7ccc4[nH]7)C=C6)C=C5)cc3)c(=O)n2CC(=O)O)SC1=S. The van der Waals surface area contributed by atoms with E-state index in [1.807, 2.05) is 31.2 Å². The van der Waals surface area contributed by atoms with Gasteiger partial charge in [-0.1, -0.05) is 252 Å². The molecule has 11 nitrogen and oxygen atoms in total. The van der Waals surface area contributed by atoms with Gasteiger partial charge in [0.25, 0.3) is 11.5 Å². The monoisotopic (exact) mass is 1510 g/mol. The van der Waals surface area contributed by atoms with Crippen molar-refractivity contribution in [3.05, 3.63) is 303 Å². The molecule has 3 N–H and O–H groups in total. The first-order valence-corrected chi connectivity index (χ1v) is 39.7. The number of carboxylic acid groups (broad SMARTS) is 1. The van der Waals surface area contributed by atoms with Crippen LogP contribution in [0.4, 0.5) is 11.4 Å². The van der Waals surface area contributed by atoms with Crippen LogP contribution in [0.5, 0.6) is 0 Å². The second-order valence-corrected chi connectivity index (χ2v) is 35.5. The van der Waals surface area contributed by atoms with Crippen LogP contribution in [0.15, 0.2) is 193 Å². The molecular weight excluding hydrogens is 1420 g/mol. The van der Waals surface area contributed by atoms with Crippen LogP contribution in [-0.4, -0.2) is 63.8 Å². The molecule has 1 fully saturated rings. The number of benzene rings is 7. The number of aliphatic carboxylic acids is 1. The zero-order valence-electron chi connectivity index (χ0n) is 64.8. The molecule has 0 atom stereocenters. The number of thiazole rings is 1. The van der Waals surface area contributed by atoms with Gasteiger partial charge in [-0.3, -0.25) is 23.9 Å². The summed E-state index contributed by atoms with van der Waals surface area (Å²) in [7, 11) is 0. The lowest BCUT2D eigenvalue weighted by atomic mass is 9.78. The van der Waals surface area contributed by atoms with Crippen LogP contribution < -0.4 is 19.7 Å². The Morgan fingerprint density at radius 1 is 0.550 bits per heavy atom. The highest BCUT2D eigenvalue weighted by atomic mass is 32.2. The molecule has 0 spiro atoms. The van der Waals surface area contributed by atoms with Gasteiger partial charge in [-0.25, -0.2) is 9.97 Å². The first-order chi connectivity index (χ1) is 53.0. The Bertz CT molecular complexity index is 6090. The number of aromatic amines is 2. The third-order valence-electron chi connectivity index (χ3n) is 20.8. The third kappa shape index (κ3) is 15.5. The number of nitrogens with zero attached hydrogens (tertiary/aromatic N) is 5. The van der Waals surface area contributed by atoms with Crippen LogP contribution in [-0.2, 0) is 44.2 Å². The number of amides is 1. The molecule has 7 aromatic carbocycles. The molecule has 11 aromatic rings. The molecule has 8 heterocycles. The van der Waals surface area contributed by atoms with Gasteiger partial charge in [-0.05, 0) is 205 Å². The van der Waals surface area contributed by atoms with Gasteiger partial charge in [0.05, 0.1) is 49.5 Å². The van der Waals surface area contributed by atoms with E-state index in [4.69, 9.17) is 22.2 Å². The normalized spacial score (nSPS) is 14.2. The molecule has 4 aliphatic heterocycles. The maximum atomic E-state index is 14.0. The Hall–Kier alpha value is -11.7. The van der Waals surface area contributed by atoms with Gasteiger partial charge in [0.1, 0.15) is 20.4 Å². The molecule has 0 saturated carbocycles. The fourth-order valence-corrected chi connectivity index (χ4v) is 17.1. The third-order valence-corrected chi connectivity index (χ3v) is 23.5. The van der Waals surface area contributed by atoms with Crippen molar-refractivity contribution in [2.24, 2.45) is 0 Å². The Morgan fingerprint density at radius 3 is 1.50 bits per heavy atom. The van der Waals surface area contributed by atoms with Crippen LogP contribution in [0.2, 0.25) is 0 Å². The number of thioether (sulfide) groups is 1. The molecule has 111 heavy (non-hydrogen) atoms. The number of fused-ring (bicyclic) bond motifs is 9. The molecular formula is C97H87N7O4S3. The molecule has 552 valence electrons. The van der Waals surface area contributed by atoms with Gasteiger partial charge >= 0.3 is 5.97 Å². The summed E-state index contributed by atoms with van der Waals surface area (Å²) < 4.78 is 2.04. The lowest BCUT2D eigenvalue weighted by Gasteiger charge is -2.26. The fraction of sp³-hybridized carbons (Fsp3) is 0.216. The van der Waals surface area contributed by atoms with Crippen molar-refractivity contribution >= 4 is 132 Å². The van der Waals surface area contributed by atoms with E-state index >= 15 is 0 Å². The van der Waals surface area contributed by atoms with Crippen molar-refractivity contribution in [2.45, 2.75) is 125 Å². The van der Waals surface area contributed by atoms with Gasteiger partial charge in [-0.15, -0.1) is 11.3 Å². The molecule has 4 aromatic heterocycles. The van der Waals surface area contributed by atoms with E-state index in [1.54, 1.807) is 6.08 Å². The smallest absolute Gasteiger partial charge is 0.323 e. The van der Waals surface area contributed by atoms with Crippen molar-refractivity contribution in [3.8, 4) is 45.9 Å². The number of anilines is 2. The molecule has 8 bridgehead atoms. The summed E-state index contributed by atoms with van der Waals surface area (Å²) in [6, 6.07) is 66.7. The summed E-state index contributed by atoms with van der Waals surface area (Å²) in [5.74, 6) is 13.0. The highest BCUT2D eigenvalue weighted by molar-refractivity contribution is 8.30. The van der Waals surface area contributed by atoms with Crippen molar-refractivity contribution in [1.82, 2.24) is 29.4 Å². The number of nitrogens with one attached hydrogen (secondary N) is 2. The maximum Gasteiger partial charge on any atom is 0.323 e. The minimum absolute atomic E-state index is 0.192. The van der Waals surface area contributed by atoms with Crippen molar-refractivity contribution in [3.63, 3.8) is 0 Å². The number of carboxylic acids is 1. The Labute approximate surface area is 662 Å². The van der Waals surface area contributed by atoms with Crippen LogP contribution >= 0.6 is 35.3 Å². The van der Waals surface area contributed by atoms with Crippen LogP contribution in [0.25, 0.3) is 91.3 Å². The number of thiocarbonyl (C=S) groups is 1. The molecule has 0 radical (unpaired) electrons. The van der Waals surface area contributed by atoms with E-state index in [0.717, 1.165) is 124 Å². The summed E-state index contributed by atoms with van der Waals surface area (Å²) in [6.07, 6.45) is 13.3. The van der Waals surface area contributed by atoms with Crippen molar-refractivity contribution < 1.29 is 14.7 Å². The Kier molecular flexibility index (Phi) is 20.0. The predicted octanol–water partition coefficient (Wildman–Crippen LogP) is 20.4. The fourth-order valence-electron chi connectivity index (χ4n) is 14.4. The topological polar surface area (TPSA) is 140 Å².